The van der Waals surface area contributed by atoms with E-state index in [1.165, 1.54) is 13.0 Å². The van der Waals surface area contributed by atoms with Crippen molar-refractivity contribution < 1.29 is 4.21 Å². The van der Waals surface area contributed by atoms with Crippen LogP contribution in [0, 0.1) is 5.92 Å². The second-order valence-corrected chi connectivity index (χ2v) is 7.99. The summed E-state index contributed by atoms with van der Waals surface area (Å²) < 4.78 is 12.3. The van der Waals surface area contributed by atoms with E-state index >= 15 is 0 Å². The van der Waals surface area contributed by atoms with E-state index in [2.05, 4.69) is 34.0 Å². The number of hydrogen-bond donors (Lipinski definition) is 1. The molecule has 25 heavy (non-hydrogen) atoms. The molecule has 1 aromatic carbocycles. The monoisotopic (exact) mass is 364 g/mol. The molecule has 1 heterocycles. The first-order chi connectivity index (χ1) is 12.2. The van der Waals surface area contributed by atoms with Gasteiger partial charge in [-0.2, -0.15) is 0 Å². The van der Waals surface area contributed by atoms with Crippen molar-refractivity contribution in [2.24, 2.45) is 10.9 Å². The highest BCUT2D eigenvalue weighted by Gasteiger charge is 2.25. The minimum absolute atomic E-state index is 0.597. The Kier molecular flexibility index (Phi) is 8.41. The predicted octanol–water partition coefficient (Wildman–Crippen LogP) is 2.03. The molecule has 1 N–H and O–H groups in total. The maximum Gasteiger partial charge on any atom is 0.193 e. The van der Waals surface area contributed by atoms with E-state index in [9.17, 15) is 4.21 Å². The SMILES string of the molecule is CCN(CC)CC1CCN(C(=NC)NCCS(=O)c2ccccc2)C1. The fourth-order valence-corrected chi connectivity index (χ4v) is 4.28. The topological polar surface area (TPSA) is 47.9 Å². The standard InChI is InChI=1S/C19H32N4OS/c1-4-22(5-2)15-17-11-13-23(16-17)19(20-3)21-12-14-25(24)18-9-7-6-8-10-18/h6-10,17H,4-5,11-16H2,1-3H3,(H,20,21). The molecule has 0 saturated carbocycles. The lowest BCUT2D eigenvalue weighted by atomic mass is 10.1. The Bertz CT molecular complexity index is 560. The Morgan fingerprint density at radius 1 is 1.32 bits per heavy atom. The molecule has 0 spiro atoms. The molecule has 0 amide bonds. The summed E-state index contributed by atoms with van der Waals surface area (Å²) in [6.45, 7) is 10.6. The minimum atomic E-state index is -0.963. The fraction of sp³-hybridized carbons (Fsp3) is 0.632. The molecule has 0 aromatic heterocycles. The maximum atomic E-state index is 12.3. The first-order valence-electron chi connectivity index (χ1n) is 9.29. The Morgan fingerprint density at radius 2 is 2.04 bits per heavy atom. The van der Waals surface area contributed by atoms with Crippen LogP contribution in [-0.4, -0.2) is 72.0 Å². The molecule has 5 nitrogen and oxygen atoms in total. The van der Waals surface area contributed by atoms with Crippen LogP contribution in [0.15, 0.2) is 40.2 Å². The molecule has 140 valence electrons. The predicted molar refractivity (Wildman–Crippen MR) is 107 cm³/mol. The number of benzene rings is 1. The van der Waals surface area contributed by atoms with Crippen molar-refractivity contribution in [1.82, 2.24) is 15.1 Å². The molecule has 1 aliphatic heterocycles. The lowest BCUT2D eigenvalue weighted by molar-refractivity contribution is 0.255. The summed E-state index contributed by atoms with van der Waals surface area (Å²) in [7, 11) is 0.864. The molecule has 1 aliphatic rings. The largest absolute Gasteiger partial charge is 0.355 e. The van der Waals surface area contributed by atoms with Crippen LogP contribution in [0.2, 0.25) is 0 Å². The third-order valence-corrected chi connectivity index (χ3v) is 6.16. The van der Waals surface area contributed by atoms with Gasteiger partial charge < -0.3 is 15.1 Å². The molecule has 0 aliphatic carbocycles. The Labute approximate surface area is 155 Å². The first-order valence-corrected chi connectivity index (χ1v) is 10.6. The van der Waals surface area contributed by atoms with E-state index in [-0.39, 0.29) is 0 Å². The second-order valence-electron chi connectivity index (χ2n) is 6.42. The van der Waals surface area contributed by atoms with Crippen LogP contribution >= 0.6 is 0 Å². The van der Waals surface area contributed by atoms with Crippen LogP contribution in [-0.2, 0) is 10.8 Å². The summed E-state index contributed by atoms with van der Waals surface area (Å²) in [5.74, 6) is 2.24. The molecule has 1 fully saturated rings. The molecular weight excluding hydrogens is 332 g/mol. The van der Waals surface area contributed by atoms with Gasteiger partial charge >= 0.3 is 0 Å². The Balaban J connectivity index is 1.76. The normalized spacial score (nSPS) is 19.4. The van der Waals surface area contributed by atoms with Crippen LogP contribution in [0.5, 0.6) is 0 Å². The number of guanidine groups is 1. The molecular formula is C19H32N4OS. The third-order valence-electron chi connectivity index (χ3n) is 4.78. The van der Waals surface area contributed by atoms with Gasteiger partial charge in [0.15, 0.2) is 5.96 Å². The highest BCUT2D eigenvalue weighted by Crippen LogP contribution is 2.17. The molecule has 0 radical (unpaired) electrons. The van der Waals surface area contributed by atoms with E-state index in [4.69, 9.17) is 0 Å². The van der Waals surface area contributed by atoms with Crippen LogP contribution in [0.3, 0.4) is 0 Å². The molecule has 6 heteroatoms. The van der Waals surface area contributed by atoms with Crippen molar-refractivity contribution >= 4 is 16.8 Å². The molecule has 1 saturated heterocycles. The molecule has 2 atom stereocenters. The maximum absolute atomic E-state index is 12.3. The van der Waals surface area contributed by atoms with Gasteiger partial charge in [-0.1, -0.05) is 32.0 Å². The van der Waals surface area contributed by atoms with Crippen molar-refractivity contribution in [2.75, 3.05) is 52.1 Å². The van der Waals surface area contributed by atoms with Gasteiger partial charge in [-0.3, -0.25) is 9.20 Å². The highest BCUT2D eigenvalue weighted by molar-refractivity contribution is 7.85. The zero-order valence-electron chi connectivity index (χ0n) is 15.8. The van der Waals surface area contributed by atoms with Gasteiger partial charge in [-0.15, -0.1) is 0 Å². The molecule has 2 rings (SSSR count). The summed E-state index contributed by atoms with van der Waals surface area (Å²) in [5.41, 5.74) is 0. The Hall–Kier alpha value is -1.40. The number of aliphatic imine (C=N–C) groups is 1. The van der Waals surface area contributed by atoms with Crippen molar-refractivity contribution in [3.05, 3.63) is 30.3 Å². The van der Waals surface area contributed by atoms with Crippen LogP contribution in [0.1, 0.15) is 20.3 Å². The number of rotatable bonds is 8. The summed E-state index contributed by atoms with van der Waals surface area (Å²) in [5, 5.41) is 3.38. The van der Waals surface area contributed by atoms with Crippen LogP contribution in [0.4, 0.5) is 0 Å². The summed E-state index contributed by atoms with van der Waals surface area (Å²) >= 11 is 0. The number of nitrogens with one attached hydrogen (secondary N) is 1. The molecule has 0 bridgehead atoms. The summed E-state index contributed by atoms with van der Waals surface area (Å²) in [6.07, 6.45) is 1.22. The van der Waals surface area contributed by atoms with E-state index < -0.39 is 10.8 Å². The Morgan fingerprint density at radius 3 is 2.68 bits per heavy atom. The van der Waals surface area contributed by atoms with Gasteiger partial charge in [0.05, 0.1) is 10.8 Å². The minimum Gasteiger partial charge on any atom is -0.355 e. The van der Waals surface area contributed by atoms with Gasteiger partial charge in [-0.05, 0) is 37.6 Å². The van der Waals surface area contributed by atoms with E-state index in [0.717, 1.165) is 37.0 Å². The van der Waals surface area contributed by atoms with Crippen LogP contribution < -0.4 is 5.32 Å². The smallest absolute Gasteiger partial charge is 0.193 e. The summed E-state index contributed by atoms with van der Waals surface area (Å²) in [4.78, 5) is 10.1. The lowest BCUT2D eigenvalue weighted by Gasteiger charge is -2.24. The number of hydrogen-bond acceptors (Lipinski definition) is 3. The number of nitrogens with zero attached hydrogens (tertiary/aromatic N) is 3. The molecule has 2 unspecified atom stereocenters. The van der Waals surface area contributed by atoms with Crippen LogP contribution in [0.25, 0.3) is 0 Å². The van der Waals surface area contributed by atoms with Gasteiger partial charge in [0, 0.05) is 43.9 Å². The third kappa shape index (κ3) is 6.12. The van der Waals surface area contributed by atoms with Gasteiger partial charge in [0.1, 0.15) is 0 Å². The van der Waals surface area contributed by atoms with Gasteiger partial charge in [0.25, 0.3) is 0 Å². The fourth-order valence-electron chi connectivity index (χ4n) is 3.30. The van der Waals surface area contributed by atoms with Crippen molar-refractivity contribution in [1.29, 1.82) is 0 Å². The average Bonchev–Trinajstić information content (AvgIpc) is 3.12. The van der Waals surface area contributed by atoms with Crippen molar-refractivity contribution in [3.8, 4) is 0 Å². The van der Waals surface area contributed by atoms with E-state index in [1.54, 1.807) is 0 Å². The zero-order chi connectivity index (χ0) is 18.1. The number of likely N-dealkylation sites (tertiary alicyclic amines) is 1. The first kappa shape index (κ1) is 19.9. The zero-order valence-corrected chi connectivity index (χ0v) is 16.6. The van der Waals surface area contributed by atoms with Crippen molar-refractivity contribution in [2.45, 2.75) is 25.2 Å². The average molecular weight is 365 g/mol. The van der Waals surface area contributed by atoms with Gasteiger partial charge in [0.2, 0.25) is 0 Å². The highest BCUT2D eigenvalue weighted by atomic mass is 32.2. The quantitative estimate of drug-likeness (QED) is 0.566. The summed E-state index contributed by atoms with van der Waals surface area (Å²) in [6, 6.07) is 9.65. The van der Waals surface area contributed by atoms with E-state index in [1.807, 2.05) is 37.4 Å². The second kappa shape index (κ2) is 10.6. The van der Waals surface area contributed by atoms with Crippen molar-refractivity contribution in [3.63, 3.8) is 0 Å². The molecule has 1 aromatic rings. The lowest BCUT2D eigenvalue weighted by Crippen LogP contribution is -2.42. The van der Waals surface area contributed by atoms with Gasteiger partial charge in [-0.25, -0.2) is 0 Å². The van der Waals surface area contributed by atoms with E-state index in [0.29, 0.717) is 18.2 Å².